The van der Waals surface area contributed by atoms with Crippen LogP contribution in [0.5, 0.6) is 0 Å². The Bertz CT molecular complexity index is 660. The summed E-state index contributed by atoms with van der Waals surface area (Å²) in [5.41, 5.74) is 0.380. The van der Waals surface area contributed by atoms with E-state index >= 15 is 0 Å². The number of amides is 1. The predicted octanol–water partition coefficient (Wildman–Crippen LogP) is 0.597. The number of aliphatic hydroxyl groups excluding tert-OH is 1. The monoisotopic (exact) mass is 356 g/mol. The summed E-state index contributed by atoms with van der Waals surface area (Å²) in [5, 5.41) is 9.91. The van der Waals surface area contributed by atoms with Gasteiger partial charge in [0, 0.05) is 18.7 Å². The van der Waals surface area contributed by atoms with Gasteiger partial charge in [-0.15, -0.1) is 0 Å². The fraction of sp³-hybridized carbons (Fsp3) is 0.562. The first-order chi connectivity index (χ1) is 11.4. The van der Waals surface area contributed by atoms with Crippen molar-refractivity contribution in [1.29, 1.82) is 0 Å². The zero-order valence-corrected chi connectivity index (χ0v) is 14.8. The molecule has 2 N–H and O–H groups in total. The lowest BCUT2D eigenvalue weighted by molar-refractivity contribution is 0.0520. The number of ether oxygens (including phenoxy) is 1. The number of hydrogen-bond donors (Lipinski definition) is 2. The van der Waals surface area contributed by atoms with E-state index in [1.54, 1.807) is 4.90 Å². The van der Waals surface area contributed by atoms with Crippen LogP contribution in [0.3, 0.4) is 0 Å². The Morgan fingerprint density at radius 3 is 2.46 bits per heavy atom. The van der Waals surface area contributed by atoms with Gasteiger partial charge in [0.25, 0.3) is 5.91 Å². The Kier molecular flexibility index (Phi) is 6.34. The average molecular weight is 356 g/mol. The number of likely N-dealkylation sites (N-methyl/N-ethyl adjacent to an activating group) is 1. The normalized spacial score (nSPS) is 21.0. The average Bonchev–Trinajstić information content (AvgIpc) is 3.00. The van der Waals surface area contributed by atoms with Crippen molar-refractivity contribution in [3.8, 4) is 0 Å². The van der Waals surface area contributed by atoms with Gasteiger partial charge >= 0.3 is 0 Å². The molecule has 0 saturated carbocycles. The van der Waals surface area contributed by atoms with Crippen LogP contribution in [0, 0.1) is 0 Å². The summed E-state index contributed by atoms with van der Waals surface area (Å²) in [6.45, 7) is 5.03. The molecule has 0 radical (unpaired) electrons. The molecule has 1 aliphatic rings. The van der Waals surface area contributed by atoms with E-state index in [0.717, 1.165) is 0 Å². The van der Waals surface area contributed by atoms with E-state index in [-0.39, 0.29) is 23.5 Å². The van der Waals surface area contributed by atoms with Gasteiger partial charge in [0.2, 0.25) is 10.0 Å². The highest BCUT2D eigenvalue weighted by molar-refractivity contribution is 7.89. The summed E-state index contributed by atoms with van der Waals surface area (Å²) in [6.07, 6.45) is -0.000608. The lowest BCUT2D eigenvalue weighted by atomic mass is 10.1. The summed E-state index contributed by atoms with van der Waals surface area (Å²) in [5.74, 6) is -0.252. The maximum absolute atomic E-state index is 12.6. The standard InChI is InChI=1S/C16H24N2O5S/c1-3-9-17-24(21,22)13-7-5-12(6-8-13)16(20)18(4-2)14-10-23-11-15(14)19/h5-8,14-15,17,19H,3-4,9-11H2,1-2H3/t14-,15-/m0/s1. The van der Waals surface area contributed by atoms with Gasteiger partial charge in [-0.25, -0.2) is 13.1 Å². The fourth-order valence-electron chi connectivity index (χ4n) is 2.62. The first-order valence-electron chi connectivity index (χ1n) is 8.07. The molecule has 1 heterocycles. The second-order valence-corrected chi connectivity index (χ2v) is 7.45. The molecule has 1 amide bonds. The van der Waals surface area contributed by atoms with Gasteiger partial charge in [-0.3, -0.25) is 4.79 Å². The van der Waals surface area contributed by atoms with Gasteiger partial charge in [-0.1, -0.05) is 6.92 Å². The van der Waals surface area contributed by atoms with Crippen molar-refractivity contribution in [1.82, 2.24) is 9.62 Å². The van der Waals surface area contributed by atoms with Crippen molar-refractivity contribution in [3.05, 3.63) is 29.8 Å². The number of hydrogen-bond acceptors (Lipinski definition) is 5. The molecular weight excluding hydrogens is 332 g/mol. The van der Waals surface area contributed by atoms with Crippen molar-refractivity contribution in [2.45, 2.75) is 37.3 Å². The summed E-state index contributed by atoms with van der Waals surface area (Å²) in [6, 6.07) is 5.44. The van der Waals surface area contributed by atoms with Gasteiger partial charge in [0.1, 0.15) is 0 Å². The van der Waals surface area contributed by atoms with E-state index < -0.39 is 16.1 Å². The zero-order valence-electron chi connectivity index (χ0n) is 13.9. The second-order valence-electron chi connectivity index (χ2n) is 5.69. The van der Waals surface area contributed by atoms with Crippen LogP contribution in [-0.4, -0.2) is 62.8 Å². The quantitative estimate of drug-likeness (QED) is 0.746. The van der Waals surface area contributed by atoms with Crippen LogP contribution in [0.2, 0.25) is 0 Å². The van der Waals surface area contributed by atoms with Crippen molar-refractivity contribution >= 4 is 15.9 Å². The first-order valence-corrected chi connectivity index (χ1v) is 9.55. The number of rotatable bonds is 7. The smallest absolute Gasteiger partial charge is 0.254 e. The van der Waals surface area contributed by atoms with Gasteiger partial charge < -0.3 is 14.7 Å². The van der Waals surface area contributed by atoms with Gasteiger partial charge in [0.05, 0.1) is 30.3 Å². The van der Waals surface area contributed by atoms with E-state index in [9.17, 15) is 18.3 Å². The summed E-state index contributed by atoms with van der Waals surface area (Å²) in [4.78, 5) is 14.3. The number of carbonyl (C=O) groups is 1. The minimum Gasteiger partial charge on any atom is -0.388 e. The SMILES string of the molecule is CCCNS(=O)(=O)c1ccc(C(=O)N(CC)[C@H]2COC[C@@H]2O)cc1. The van der Waals surface area contributed by atoms with E-state index in [4.69, 9.17) is 4.74 Å². The summed E-state index contributed by atoms with van der Waals surface area (Å²) >= 11 is 0. The van der Waals surface area contributed by atoms with Crippen LogP contribution >= 0.6 is 0 Å². The Balaban J connectivity index is 2.16. The van der Waals surface area contributed by atoms with E-state index in [1.165, 1.54) is 24.3 Å². The molecule has 7 nitrogen and oxygen atoms in total. The van der Waals surface area contributed by atoms with Crippen molar-refractivity contribution < 1.29 is 23.1 Å². The van der Waals surface area contributed by atoms with Crippen LogP contribution in [-0.2, 0) is 14.8 Å². The number of carbonyl (C=O) groups excluding carboxylic acids is 1. The lowest BCUT2D eigenvalue weighted by Crippen LogP contribution is -2.46. The minimum absolute atomic E-state index is 0.125. The molecule has 8 heteroatoms. The number of benzene rings is 1. The Labute approximate surface area is 142 Å². The van der Waals surface area contributed by atoms with E-state index in [0.29, 0.717) is 31.7 Å². The molecule has 0 spiro atoms. The zero-order chi connectivity index (χ0) is 17.7. The molecule has 1 saturated heterocycles. The third-order valence-electron chi connectivity index (χ3n) is 3.98. The molecule has 1 fully saturated rings. The molecule has 0 bridgehead atoms. The molecule has 0 aliphatic carbocycles. The predicted molar refractivity (Wildman–Crippen MR) is 89.2 cm³/mol. The van der Waals surface area contributed by atoms with Crippen LogP contribution in [0.25, 0.3) is 0 Å². The molecule has 2 rings (SSSR count). The molecule has 24 heavy (non-hydrogen) atoms. The third-order valence-corrected chi connectivity index (χ3v) is 5.45. The highest BCUT2D eigenvalue weighted by Crippen LogP contribution is 2.18. The molecule has 134 valence electrons. The number of sulfonamides is 1. The highest BCUT2D eigenvalue weighted by atomic mass is 32.2. The van der Waals surface area contributed by atoms with Gasteiger partial charge in [0.15, 0.2) is 0 Å². The highest BCUT2D eigenvalue weighted by Gasteiger charge is 2.34. The summed E-state index contributed by atoms with van der Waals surface area (Å²) < 4.78 is 31.8. The van der Waals surface area contributed by atoms with Crippen molar-refractivity contribution in [3.63, 3.8) is 0 Å². The second kappa shape index (κ2) is 8.06. The number of nitrogens with zero attached hydrogens (tertiary/aromatic N) is 1. The number of aliphatic hydroxyl groups is 1. The maximum Gasteiger partial charge on any atom is 0.254 e. The molecule has 0 aromatic heterocycles. The minimum atomic E-state index is -3.55. The van der Waals surface area contributed by atoms with Crippen molar-refractivity contribution in [2.75, 3.05) is 26.3 Å². The number of nitrogens with one attached hydrogen (secondary N) is 1. The fourth-order valence-corrected chi connectivity index (χ4v) is 3.75. The first kappa shape index (κ1) is 18.9. The Morgan fingerprint density at radius 2 is 1.96 bits per heavy atom. The third kappa shape index (κ3) is 4.13. The van der Waals surface area contributed by atoms with Crippen LogP contribution in [0.1, 0.15) is 30.6 Å². The van der Waals surface area contributed by atoms with Gasteiger partial charge in [-0.05, 0) is 37.6 Å². The van der Waals surface area contributed by atoms with Crippen LogP contribution < -0.4 is 4.72 Å². The van der Waals surface area contributed by atoms with Crippen LogP contribution in [0.4, 0.5) is 0 Å². The molecule has 1 aromatic carbocycles. The largest absolute Gasteiger partial charge is 0.388 e. The summed E-state index contributed by atoms with van der Waals surface area (Å²) in [7, 11) is -3.55. The van der Waals surface area contributed by atoms with E-state index in [2.05, 4.69) is 4.72 Å². The Hall–Kier alpha value is -1.48. The molecule has 2 atom stereocenters. The molecule has 0 unspecified atom stereocenters. The lowest BCUT2D eigenvalue weighted by Gasteiger charge is -2.28. The van der Waals surface area contributed by atoms with Gasteiger partial charge in [-0.2, -0.15) is 0 Å². The van der Waals surface area contributed by atoms with Crippen LogP contribution in [0.15, 0.2) is 29.2 Å². The Morgan fingerprint density at radius 1 is 1.29 bits per heavy atom. The maximum atomic E-state index is 12.6. The van der Waals surface area contributed by atoms with E-state index in [1.807, 2.05) is 13.8 Å². The molecular formula is C16H24N2O5S. The molecule has 1 aromatic rings. The van der Waals surface area contributed by atoms with Crippen molar-refractivity contribution in [2.24, 2.45) is 0 Å². The topological polar surface area (TPSA) is 95.9 Å². The molecule has 1 aliphatic heterocycles.